The molecule has 1 aromatic rings. The molecule has 1 saturated carbocycles. The van der Waals surface area contributed by atoms with Gasteiger partial charge in [-0.15, -0.1) is 0 Å². The summed E-state index contributed by atoms with van der Waals surface area (Å²) in [5.41, 5.74) is -0.788. The molecule has 0 radical (unpaired) electrons. The number of alkyl halides is 3. The molecule has 1 N–H and O–H groups in total. The molecule has 1 aliphatic heterocycles. The number of rotatable bonds is 7. The fourth-order valence-corrected chi connectivity index (χ4v) is 4.50. The van der Waals surface area contributed by atoms with Crippen molar-refractivity contribution < 1.29 is 27.1 Å². The van der Waals surface area contributed by atoms with Crippen LogP contribution in [0, 0.1) is 11.7 Å². The minimum absolute atomic E-state index is 0.0308. The highest BCUT2D eigenvalue weighted by Gasteiger charge is 2.32. The number of nitrogens with one attached hydrogen (secondary N) is 1. The molecular formula is C22H31F4N3O2. The van der Waals surface area contributed by atoms with E-state index in [-0.39, 0.29) is 24.2 Å². The number of nitrogens with zero attached hydrogens (tertiary/aromatic N) is 2. The molecule has 0 spiro atoms. The standard InChI is InChI=1S/C22H31F4N3O2/c1-31-15-21(30)27-18-5-2-16(3-6-18)8-9-28-10-12-29(13-11-28)20-14-17(22(24,25)26)4-7-19(20)23/h4,7,14,16,18H,2-3,5-6,8-13,15H2,1H3,(H,27,30)/t16-,18-. The van der Waals surface area contributed by atoms with Crippen molar-refractivity contribution in [2.45, 2.75) is 44.3 Å². The van der Waals surface area contributed by atoms with Gasteiger partial charge < -0.3 is 15.0 Å². The molecule has 3 rings (SSSR count). The first-order valence-corrected chi connectivity index (χ1v) is 10.9. The first-order valence-electron chi connectivity index (χ1n) is 10.9. The molecule has 1 amide bonds. The average Bonchev–Trinajstić information content (AvgIpc) is 2.73. The second kappa shape index (κ2) is 10.6. The fraction of sp³-hybridized carbons (Fsp3) is 0.682. The summed E-state index contributed by atoms with van der Waals surface area (Å²) in [7, 11) is 1.51. The van der Waals surface area contributed by atoms with Crippen molar-refractivity contribution in [1.82, 2.24) is 10.2 Å². The van der Waals surface area contributed by atoms with Gasteiger partial charge in [-0.25, -0.2) is 4.39 Å². The second-order valence-corrected chi connectivity index (χ2v) is 8.50. The van der Waals surface area contributed by atoms with Crippen LogP contribution in [-0.4, -0.2) is 63.3 Å². The van der Waals surface area contributed by atoms with Crippen LogP contribution in [0.15, 0.2) is 18.2 Å². The molecule has 1 heterocycles. The number of methoxy groups -OCH3 is 1. The van der Waals surface area contributed by atoms with Crippen LogP contribution in [0.5, 0.6) is 0 Å². The van der Waals surface area contributed by atoms with Gasteiger partial charge in [0, 0.05) is 39.3 Å². The minimum Gasteiger partial charge on any atom is -0.375 e. The molecule has 5 nitrogen and oxygen atoms in total. The summed E-state index contributed by atoms with van der Waals surface area (Å²) in [6.45, 7) is 3.46. The number of ether oxygens (including phenoxy) is 1. The molecule has 2 aliphatic rings. The van der Waals surface area contributed by atoms with Gasteiger partial charge in [-0.05, 0) is 62.8 Å². The Morgan fingerprint density at radius 2 is 1.81 bits per heavy atom. The average molecular weight is 446 g/mol. The van der Waals surface area contributed by atoms with Gasteiger partial charge >= 0.3 is 6.18 Å². The van der Waals surface area contributed by atoms with E-state index < -0.39 is 17.6 Å². The maximum absolute atomic E-state index is 14.1. The van der Waals surface area contributed by atoms with Crippen molar-refractivity contribution in [3.63, 3.8) is 0 Å². The van der Waals surface area contributed by atoms with Crippen LogP contribution in [0.3, 0.4) is 0 Å². The van der Waals surface area contributed by atoms with E-state index in [0.717, 1.165) is 56.8 Å². The van der Waals surface area contributed by atoms with Crippen LogP contribution in [0.1, 0.15) is 37.7 Å². The first-order chi connectivity index (χ1) is 14.8. The third-order valence-corrected chi connectivity index (χ3v) is 6.33. The maximum Gasteiger partial charge on any atom is 0.416 e. The Labute approximate surface area is 180 Å². The van der Waals surface area contributed by atoms with E-state index in [9.17, 15) is 22.4 Å². The van der Waals surface area contributed by atoms with Gasteiger partial charge in [-0.3, -0.25) is 9.69 Å². The second-order valence-electron chi connectivity index (χ2n) is 8.50. The molecular weight excluding hydrogens is 414 g/mol. The normalized spacial score (nSPS) is 23.1. The zero-order valence-corrected chi connectivity index (χ0v) is 17.9. The lowest BCUT2D eigenvalue weighted by atomic mass is 9.84. The number of halogens is 4. The van der Waals surface area contributed by atoms with E-state index in [1.807, 2.05) is 0 Å². The lowest BCUT2D eigenvalue weighted by molar-refractivity contribution is -0.137. The van der Waals surface area contributed by atoms with E-state index in [1.165, 1.54) is 7.11 Å². The van der Waals surface area contributed by atoms with Crippen LogP contribution in [0.4, 0.5) is 23.2 Å². The Kier molecular flexibility index (Phi) is 8.16. The molecule has 2 fully saturated rings. The Bertz CT molecular complexity index is 728. The predicted octanol–water partition coefficient (Wildman–Crippen LogP) is 3.68. The molecule has 174 valence electrons. The molecule has 1 aliphatic carbocycles. The summed E-state index contributed by atoms with van der Waals surface area (Å²) in [4.78, 5) is 15.6. The summed E-state index contributed by atoms with van der Waals surface area (Å²) < 4.78 is 57.8. The number of carbonyl (C=O) groups excluding carboxylic acids is 1. The Balaban J connectivity index is 1.40. The minimum atomic E-state index is -4.48. The van der Waals surface area contributed by atoms with Crippen LogP contribution in [0.25, 0.3) is 0 Å². The SMILES string of the molecule is COCC(=O)N[C@H]1CC[C@H](CCN2CCN(c3cc(C(F)(F)F)ccc3F)CC2)CC1. The highest BCUT2D eigenvalue weighted by atomic mass is 19.4. The molecule has 0 aromatic heterocycles. The molecule has 1 aromatic carbocycles. The third-order valence-electron chi connectivity index (χ3n) is 6.33. The number of benzene rings is 1. The lowest BCUT2D eigenvalue weighted by Crippen LogP contribution is -2.47. The number of hydrogen-bond donors (Lipinski definition) is 1. The number of amides is 1. The number of carbonyl (C=O) groups is 1. The largest absolute Gasteiger partial charge is 0.416 e. The number of anilines is 1. The number of hydrogen-bond acceptors (Lipinski definition) is 4. The fourth-order valence-electron chi connectivity index (χ4n) is 4.50. The maximum atomic E-state index is 14.1. The van der Waals surface area contributed by atoms with E-state index in [1.54, 1.807) is 4.90 Å². The molecule has 0 bridgehead atoms. The van der Waals surface area contributed by atoms with Crippen molar-refractivity contribution in [3.05, 3.63) is 29.6 Å². The van der Waals surface area contributed by atoms with Crippen molar-refractivity contribution in [2.24, 2.45) is 5.92 Å². The van der Waals surface area contributed by atoms with Crippen molar-refractivity contribution in [3.8, 4) is 0 Å². The molecule has 1 saturated heterocycles. The highest BCUT2D eigenvalue weighted by molar-refractivity contribution is 5.77. The summed E-state index contributed by atoms with van der Waals surface area (Å²) in [5, 5.41) is 3.00. The van der Waals surface area contributed by atoms with Gasteiger partial charge in [0.25, 0.3) is 0 Å². The van der Waals surface area contributed by atoms with Crippen molar-refractivity contribution >= 4 is 11.6 Å². The lowest BCUT2D eigenvalue weighted by Gasteiger charge is -2.37. The molecule has 0 unspecified atom stereocenters. The van der Waals surface area contributed by atoms with Crippen LogP contribution in [0.2, 0.25) is 0 Å². The quantitative estimate of drug-likeness (QED) is 0.651. The summed E-state index contributed by atoms with van der Waals surface area (Å²) in [6.07, 6.45) is 0.693. The first kappa shape index (κ1) is 23.8. The van der Waals surface area contributed by atoms with Gasteiger partial charge in [-0.2, -0.15) is 13.2 Å². The molecule has 0 atom stereocenters. The van der Waals surface area contributed by atoms with Crippen LogP contribution < -0.4 is 10.2 Å². The molecule has 31 heavy (non-hydrogen) atoms. The smallest absolute Gasteiger partial charge is 0.375 e. The van der Waals surface area contributed by atoms with Crippen molar-refractivity contribution in [2.75, 3.05) is 51.3 Å². The Morgan fingerprint density at radius 3 is 2.42 bits per heavy atom. The van der Waals surface area contributed by atoms with E-state index in [0.29, 0.717) is 32.1 Å². The van der Waals surface area contributed by atoms with E-state index in [2.05, 4.69) is 10.2 Å². The van der Waals surface area contributed by atoms with Crippen molar-refractivity contribution in [1.29, 1.82) is 0 Å². The molecule has 9 heteroatoms. The van der Waals surface area contributed by atoms with Crippen LogP contribution in [-0.2, 0) is 15.7 Å². The monoisotopic (exact) mass is 445 g/mol. The third kappa shape index (κ3) is 6.80. The zero-order chi connectivity index (χ0) is 22.4. The summed E-state index contributed by atoms with van der Waals surface area (Å²) in [6, 6.07) is 2.82. The summed E-state index contributed by atoms with van der Waals surface area (Å²) in [5.74, 6) is -0.0636. The zero-order valence-electron chi connectivity index (χ0n) is 17.9. The Hall–Kier alpha value is -1.87. The van der Waals surface area contributed by atoms with Crippen LogP contribution >= 0.6 is 0 Å². The van der Waals surface area contributed by atoms with E-state index >= 15 is 0 Å². The number of piperazine rings is 1. The van der Waals surface area contributed by atoms with Gasteiger partial charge in [0.2, 0.25) is 5.91 Å². The van der Waals surface area contributed by atoms with E-state index in [4.69, 9.17) is 4.74 Å². The topological polar surface area (TPSA) is 44.8 Å². The Morgan fingerprint density at radius 1 is 1.13 bits per heavy atom. The predicted molar refractivity (Wildman–Crippen MR) is 110 cm³/mol. The highest BCUT2D eigenvalue weighted by Crippen LogP contribution is 2.33. The van der Waals surface area contributed by atoms with Gasteiger partial charge in [0.05, 0.1) is 11.3 Å². The van der Waals surface area contributed by atoms with Gasteiger partial charge in [0.1, 0.15) is 12.4 Å². The summed E-state index contributed by atoms with van der Waals surface area (Å²) >= 11 is 0. The van der Waals surface area contributed by atoms with Gasteiger partial charge in [-0.1, -0.05) is 0 Å². The van der Waals surface area contributed by atoms with Gasteiger partial charge in [0.15, 0.2) is 0 Å².